The van der Waals surface area contributed by atoms with E-state index in [0.717, 1.165) is 22.2 Å². The maximum Gasteiger partial charge on any atom is 0.172 e. The van der Waals surface area contributed by atoms with Crippen molar-refractivity contribution in [1.29, 1.82) is 0 Å². The molecule has 2 aromatic heterocycles. The van der Waals surface area contributed by atoms with Crippen LogP contribution in [-0.4, -0.2) is 21.6 Å². The average molecular weight is 366 g/mol. The number of hydrogen-bond donors (Lipinski definition) is 0. The van der Waals surface area contributed by atoms with Crippen LogP contribution in [0.25, 0.3) is 5.69 Å². The lowest BCUT2D eigenvalue weighted by Crippen LogP contribution is -1.96. The highest BCUT2D eigenvalue weighted by Crippen LogP contribution is 2.26. The van der Waals surface area contributed by atoms with Crippen LogP contribution in [0.1, 0.15) is 5.56 Å². The molecule has 0 amide bonds. The molecule has 0 aliphatic heterocycles. The first kappa shape index (κ1) is 16.2. The molecule has 0 N–H and O–H groups in total. The van der Waals surface area contributed by atoms with Gasteiger partial charge in [0.25, 0.3) is 0 Å². The Hall–Kier alpha value is -1.69. The summed E-state index contributed by atoms with van der Waals surface area (Å²) in [5, 5.41) is 1.68. The quantitative estimate of drug-likeness (QED) is 0.477. The number of imidazole rings is 1. The molecule has 0 aliphatic rings. The van der Waals surface area contributed by atoms with Gasteiger partial charge in [-0.3, -0.25) is 4.57 Å². The molecule has 0 saturated heterocycles. The summed E-state index contributed by atoms with van der Waals surface area (Å²) in [5.74, 6) is 1.53. The lowest BCUT2D eigenvalue weighted by molar-refractivity contribution is 0.414. The van der Waals surface area contributed by atoms with Crippen LogP contribution in [-0.2, 0) is 5.75 Å². The van der Waals surface area contributed by atoms with Crippen LogP contribution in [0, 0.1) is 0 Å². The molecule has 3 aromatic rings. The van der Waals surface area contributed by atoms with Crippen molar-refractivity contribution in [1.82, 2.24) is 14.5 Å². The van der Waals surface area contributed by atoms with Crippen LogP contribution >= 0.6 is 35.0 Å². The molecule has 4 nitrogen and oxygen atoms in total. The standard InChI is InChI=1S/C16H13Cl2N3OS/c1-22-13-4-2-12(3-5-13)21-7-6-19-16(21)23-10-11-8-14(17)20-15(18)9-11/h2-9H,10H2,1H3. The van der Waals surface area contributed by atoms with E-state index >= 15 is 0 Å². The Morgan fingerprint density at radius 3 is 2.48 bits per heavy atom. The minimum absolute atomic E-state index is 0.395. The van der Waals surface area contributed by atoms with E-state index in [2.05, 4.69) is 9.97 Å². The summed E-state index contributed by atoms with van der Waals surface area (Å²) < 4.78 is 7.21. The van der Waals surface area contributed by atoms with Gasteiger partial charge >= 0.3 is 0 Å². The summed E-state index contributed by atoms with van der Waals surface area (Å²) in [4.78, 5) is 8.36. The first-order chi connectivity index (χ1) is 11.2. The van der Waals surface area contributed by atoms with Crippen molar-refractivity contribution in [3.63, 3.8) is 0 Å². The maximum absolute atomic E-state index is 5.93. The van der Waals surface area contributed by atoms with Gasteiger partial charge in [0.2, 0.25) is 0 Å². The second kappa shape index (κ2) is 7.25. The third-order valence-corrected chi connectivity index (χ3v) is 4.57. The highest BCUT2D eigenvalue weighted by atomic mass is 35.5. The van der Waals surface area contributed by atoms with Crippen LogP contribution < -0.4 is 4.74 Å². The molecule has 3 rings (SSSR count). The molecule has 0 atom stereocenters. The van der Waals surface area contributed by atoms with Gasteiger partial charge in [-0.2, -0.15) is 0 Å². The molecule has 23 heavy (non-hydrogen) atoms. The van der Waals surface area contributed by atoms with Crippen LogP contribution in [0.15, 0.2) is 53.9 Å². The molecule has 7 heteroatoms. The number of methoxy groups -OCH3 is 1. The molecular weight excluding hydrogens is 353 g/mol. The van der Waals surface area contributed by atoms with E-state index in [-0.39, 0.29) is 0 Å². The third kappa shape index (κ3) is 3.99. The normalized spacial score (nSPS) is 10.7. The van der Waals surface area contributed by atoms with Gasteiger partial charge in [-0.1, -0.05) is 35.0 Å². The van der Waals surface area contributed by atoms with E-state index in [4.69, 9.17) is 27.9 Å². The Morgan fingerprint density at radius 2 is 1.83 bits per heavy atom. The molecular formula is C16H13Cl2N3OS. The summed E-state index contributed by atoms with van der Waals surface area (Å²) in [6.07, 6.45) is 3.70. The molecule has 0 fully saturated rings. The van der Waals surface area contributed by atoms with E-state index in [9.17, 15) is 0 Å². The molecule has 0 spiro atoms. The Labute approximate surface area is 148 Å². The van der Waals surface area contributed by atoms with Crippen LogP contribution in [0.4, 0.5) is 0 Å². The van der Waals surface area contributed by atoms with Crippen molar-refractivity contribution >= 4 is 35.0 Å². The molecule has 0 aliphatic carbocycles. The predicted molar refractivity (Wildman–Crippen MR) is 93.9 cm³/mol. The first-order valence-corrected chi connectivity index (χ1v) is 8.52. The number of ether oxygens (including phenoxy) is 1. The summed E-state index contributed by atoms with van der Waals surface area (Å²) in [5.41, 5.74) is 2.03. The third-order valence-electron chi connectivity index (χ3n) is 3.15. The number of hydrogen-bond acceptors (Lipinski definition) is 4. The minimum Gasteiger partial charge on any atom is -0.497 e. The molecule has 2 heterocycles. The van der Waals surface area contributed by atoms with E-state index in [1.807, 2.05) is 35.0 Å². The largest absolute Gasteiger partial charge is 0.497 e. The molecule has 0 saturated carbocycles. The molecule has 1 aromatic carbocycles. The number of halogens is 2. The first-order valence-electron chi connectivity index (χ1n) is 6.78. The topological polar surface area (TPSA) is 39.9 Å². The van der Waals surface area contributed by atoms with Crippen molar-refractivity contribution < 1.29 is 4.74 Å². The SMILES string of the molecule is COc1ccc(-n2ccnc2SCc2cc(Cl)nc(Cl)c2)cc1. The monoisotopic (exact) mass is 365 g/mol. The smallest absolute Gasteiger partial charge is 0.172 e. The van der Waals surface area contributed by atoms with E-state index < -0.39 is 0 Å². The Morgan fingerprint density at radius 1 is 1.13 bits per heavy atom. The summed E-state index contributed by atoms with van der Waals surface area (Å²) in [7, 11) is 1.65. The van der Waals surface area contributed by atoms with Crippen molar-refractivity contribution in [3.8, 4) is 11.4 Å². The number of thioether (sulfide) groups is 1. The number of pyridine rings is 1. The molecule has 0 bridgehead atoms. The van der Waals surface area contributed by atoms with Gasteiger partial charge in [-0.25, -0.2) is 9.97 Å². The Bertz CT molecular complexity index is 785. The number of aromatic nitrogens is 3. The number of rotatable bonds is 5. The zero-order chi connectivity index (χ0) is 16.2. The van der Waals surface area contributed by atoms with Gasteiger partial charge in [0.1, 0.15) is 16.1 Å². The van der Waals surface area contributed by atoms with E-state index in [1.165, 1.54) is 0 Å². The fraction of sp³-hybridized carbons (Fsp3) is 0.125. The van der Waals surface area contributed by atoms with Crippen molar-refractivity contribution in [2.24, 2.45) is 0 Å². The van der Waals surface area contributed by atoms with Gasteiger partial charge in [-0.15, -0.1) is 0 Å². The van der Waals surface area contributed by atoms with Crippen LogP contribution in [0.5, 0.6) is 5.75 Å². The van der Waals surface area contributed by atoms with Crippen molar-refractivity contribution in [2.45, 2.75) is 10.9 Å². The van der Waals surface area contributed by atoms with Crippen LogP contribution in [0.2, 0.25) is 10.3 Å². The molecule has 0 radical (unpaired) electrons. The highest BCUT2D eigenvalue weighted by Gasteiger charge is 2.08. The zero-order valence-electron chi connectivity index (χ0n) is 12.2. The lowest BCUT2D eigenvalue weighted by atomic mass is 10.3. The van der Waals surface area contributed by atoms with Gasteiger partial charge in [0.15, 0.2) is 5.16 Å². The van der Waals surface area contributed by atoms with Gasteiger partial charge in [0.05, 0.1) is 7.11 Å². The average Bonchev–Trinajstić information content (AvgIpc) is 3.00. The van der Waals surface area contributed by atoms with Gasteiger partial charge in [0, 0.05) is 23.8 Å². The lowest BCUT2D eigenvalue weighted by Gasteiger charge is -2.08. The van der Waals surface area contributed by atoms with Gasteiger partial charge < -0.3 is 4.74 Å². The number of nitrogens with zero attached hydrogens (tertiary/aromatic N) is 3. The predicted octanol–water partition coefficient (Wildman–Crippen LogP) is 4.88. The second-order valence-electron chi connectivity index (χ2n) is 4.69. The van der Waals surface area contributed by atoms with Crippen molar-refractivity contribution in [3.05, 3.63) is 64.7 Å². The summed E-state index contributed by atoms with van der Waals surface area (Å²) >= 11 is 13.5. The minimum atomic E-state index is 0.395. The zero-order valence-corrected chi connectivity index (χ0v) is 14.6. The van der Waals surface area contributed by atoms with Crippen molar-refractivity contribution in [2.75, 3.05) is 7.11 Å². The fourth-order valence-corrected chi connectivity index (χ4v) is 3.49. The number of benzene rings is 1. The summed E-state index contributed by atoms with van der Waals surface area (Å²) in [6, 6.07) is 11.4. The van der Waals surface area contributed by atoms with Crippen LogP contribution in [0.3, 0.4) is 0 Å². The van der Waals surface area contributed by atoms with E-state index in [1.54, 1.807) is 37.2 Å². The Kier molecular flexibility index (Phi) is 5.10. The molecule has 0 unspecified atom stereocenters. The Balaban J connectivity index is 1.77. The van der Waals surface area contributed by atoms with E-state index in [0.29, 0.717) is 16.1 Å². The maximum atomic E-state index is 5.93. The second-order valence-corrected chi connectivity index (χ2v) is 6.40. The molecule has 118 valence electrons. The van der Waals surface area contributed by atoms with Gasteiger partial charge in [-0.05, 0) is 42.0 Å². The fourth-order valence-electron chi connectivity index (χ4n) is 2.08. The summed E-state index contributed by atoms with van der Waals surface area (Å²) in [6.45, 7) is 0. The highest BCUT2D eigenvalue weighted by molar-refractivity contribution is 7.98.